The number of morpholine rings is 1. The summed E-state index contributed by atoms with van der Waals surface area (Å²) < 4.78 is 38.6. The minimum Gasteiger partial charge on any atom is -0.436 e. The fourth-order valence-corrected chi connectivity index (χ4v) is 3.72. The first-order chi connectivity index (χ1) is 13.7. The molecule has 0 radical (unpaired) electrons. The maximum absolute atomic E-state index is 14.1. The number of anilines is 1. The average molecular weight is 383 g/mol. The summed E-state index contributed by atoms with van der Waals surface area (Å²) in [6, 6.07) is 10.3. The van der Waals surface area contributed by atoms with Gasteiger partial charge in [-0.15, -0.1) is 0 Å². The normalized spacial score (nSPS) is 18.6. The number of aliphatic imine (C=N–C) groups is 1. The largest absolute Gasteiger partial charge is 0.436 e. The molecule has 144 valence electrons. The van der Waals surface area contributed by atoms with Crippen molar-refractivity contribution in [1.29, 1.82) is 0 Å². The van der Waals surface area contributed by atoms with Gasteiger partial charge in [0.2, 0.25) is 5.88 Å². The lowest BCUT2D eigenvalue weighted by Crippen LogP contribution is -2.36. The second-order valence-corrected chi connectivity index (χ2v) is 7.02. The van der Waals surface area contributed by atoms with Crippen LogP contribution >= 0.6 is 0 Å². The molecule has 1 N–H and O–H groups in total. The molecule has 3 aliphatic rings. The number of rotatable bonds is 2. The molecule has 0 aromatic heterocycles. The third kappa shape index (κ3) is 3.11. The van der Waals surface area contributed by atoms with Crippen LogP contribution in [0.5, 0.6) is 5.75 Å². The summed E-state index contributed by atoms with van der Waals surface area (Å²) in [5, 5.41) is 3.28. The van der Waals surface area contributed by atoms with E-state index in [1.807, 2.05) is 12.1 Å². The molecule has 0 amide bonds. The van der Waals surface area contributed by atoms with Crippen molar-refractivity contribution in [3.05, 3.63) is 70.6 Å². The van der Waals surface area contributed by atoms with E-state index in [1.54, 1.807) is 0 Å². The maximum Gasteiger partial charge on any atom is 0.222 e. The SMILES string of the molecule is Fc1cc(F)c2c(c1)CC1=C(N=C(c3ccc(N4CCOCC4)cc3)NC1)O2. The van der Waals surface area contributed by atoms with Crippen LogP contribution in [0.25, 0.3) is 0 Å². The highest BCUT2D eigenvalue weighted by molar-refractivity contribution is 6.00. The van der Waals surface area contributed by atoms with E-state index in [0.717, 1.165) is 49.2 Å². The summed E-state index contributed by atoms with van der Waals surface area (Å²) in [5.41, 5.74) is 3.46. The van der Waals surface area contributed by atoms with Gasteiger partial charge in [0.15, 0.2) is 11.6 Å². The van der Waals surface area contributed by atoms with Gasteiger partial charge in [0.1, 0.15) is 11.7 Å². The Kier molecular flexibility index (Phi) is 4.24. The summed E-state index contributed by atoms with van der Waals surface area (Å²) in [4.78, 5) is 6.83. The Bertz CT molecular complexity index is 980. The van der Waals surface area contributed by atoms with Gasteiger partial charge < -0.3 is 19.7 Å². The molecule has 1 fully saturated rings. The number of benzene rings is 2. The van der Waals surface area contributed by atoms with E-state index in [1.165, 1.54) is 6.07 Å². The molecule has 0 spiro atoms. The molecular weight excluding hydrogens is 364 g/mol. The summed E-state index contributed by atoms with van der Waals surface area (Å²) in [5.74, 6) is -0.168. The molecule has 0 saturated carbocycles. The predicted molar refractivity (Wildman–Crippen MR) is 102 cm³/mol. The van der Waals surface area contributed by atoms with Gasteiger partial charge in [0, 0.05) is 54.5 Å². The van der Waals surface area contributed by atoms with Gasteiger partial charge >= 0.3 is 0 Å². The Morgan fingerprint density at radius 1 is 1.04 bits per heavy atom. The quantitative estimate of drug-likeness (QED) is 0.866. The van der Waals surface area contributed by atoms with Crippen molar-refractivity contribution < 1.29 is 18.3 Å². The Balaban J connectivity index is 1.39. The molecule has 2 aromatic rings. The maximum atomic E-state index is 14.1. The number of amidine groups is 1. The average Bonchev–Trinajstić information content (AvgIpc) is 2.73. The first-order valence-electron chi connectivity index (χ1n) is 9.31. The van der Waals surface area contributed by atoms with Gasteiger partial charge in [-0.3, -0.25) is 0 Å². The molecule has 0 unspecified atom stereocenters. The molecule has 5 rings (SSSR count). The van der Waals surface area contributed by atoms with E-state index in [4.69, 9.17) is 9.47 Å². The fourth-order valence-electron chi connectivity index (χ4n) is 3.72. The third-order valence-corrected chi connectivity index (χ3v) is 5.19. The zero-order valence-electron chi connectivity index (χ0n) is 15.2. The van der Waals surface area contributed by atoms with Gasteiger partial charge in [0.25, 0.3) is 0 Å². The number of fused-ring (bicyclic) bond motifs is 1. The van der Waals surface area contributed by atoms with E-state index in [-0.39, 0.29) is 5.75 Å². The molecule has 0 atom stereocenters. The lowest BCUT2D eigenvalue weighted by atomic mass is 10.0. The van der Waals surface area contributed by atoms with Crippen LogP contribution in [0.4, 0.5) is 14.5 Å². The number of nitrogens with one attached hydrogen (secondary N) is 1. The highest BCUT2D eigenvalue weighted by Crippen LogP contribution is 2.34. The monoisotopic (exact) mass is 383 g/mol. The molecule has 7 heteroatoms. The first-order valence-corrected chi connectivity index (χ1v) is 9.31. The summed E-state index contributed by atoms with van der Waals surface area (Å²) in [6.07, 6.45) is 0.416. The fraction of sp³-hybridized carbons (Fsp3) is 0.286. The molecule has 1 saturated heterocycles. The van der Waals surface area contributed by atoms with Crippen LogP contribution in [0.2, 0.25) is 0 Å². The van der Waals surface area contributed by atoms with Crippen LogP contribution in [-0.2, 0) is 11.2 Å². The second-order valence-electron chi connectivity index (χ2n) is 7.02. The first kappa shape index (κ1) is 17.2. The highest BCUT2D eigenvalue weighted by atomic mass is 19.1. The second kappa shape index (κ2) is 6.91. The number of hydrogen-bond acceptors (Lipinski definition) is 5. The van der Waals surface area contributed by atoms with E-state index >= 15 is 0 Å². The minimum absolute atomic E-state index is 0.0628. The van der Waals surface area contributed by atoms with E-state index < -0.39 is 11.6 Å². The van der Waals surface area contributed by atoms with E-state index in [2.05, 4.69) is 27.3 Å². The summed E-state index contributed by atoms with van der Waals surface area (Å²) in [7, 11) is 0. The Labute approximate surface area is 161 Å². The highest BCUT2D eigenvalue weighted by Gasteiger charge is 2.27. The van der Waals surface area contributed by atoms with Gasteiger partial charge in [-0.25, -0.2) is 8.78 Å². The van der Waals surface area contributed by atoms with E-state index in [9.17, 15) is 8.78 Å². The van der Waals surface area contributed by atoms with Gasteiger partial charge in [0.05, 0.1) is 13.2 Å². The summed E-state index contributed by atoms with van der Waals surface area (Å²) >= 11 is 0. The van der Waals surface area contributed by atoms with Crippen molar-refractivity contribution in [2.45, 2.75) is 6.42 Å². The lowest BCUT2D eigenvalue weighted by Gasteiger charge is -2.29. The van der Waals surface area contributed by atoms with Crippen molar-refractivity contribution in [2.75, 3.05) is 37.7 Å². The van der Waals surface area contributed by atoms with E-state index in [0.29, 0.717) is 30.2 Å². The topological polar surface area (TPSA) is 46.1 Å². The van der Waals surface area contributed by atoms with Crippen LogP contribution in [0.15, 0.2) is 52.8 Å². The lowest BCUT2D eigenvalue weighted by molar-refractivity contribution is 0.122. The zero-order chi connectivity index (χ0) is 19.1. The molecule has 28 heavy (non-hydrogen) atoms. The number of ether oxygens (including phenoxy) is 2. The smallest absolute Gasteiger partial charge is 0.222 e. The van der Waals surface area contributed by atoms with Crippen LogP contribution in [0, 0.1) is 11.6 Å². The van der Waals surface area contributed by atoms with Crippen molar-refractivity contribution >= 4 is 11.5 Å². The Morgan fingerprint density at radius 3 is 2.61 bits per heavy atom. The van der Waals surface area contributed by atoms with Crippen molar-refractivity contribution in [2.24, 2.45) is 4.99 Å². The number of hydrogen-bond donors (Lipinski definition) is 1. The molecule has 5 nitrogen and oxygen atoms in total. The van der Waals surface area contributed by atoms with Crippen molar-refractivity contribution in [1.82, 2.24) is 5.32 Å². The third-order valence-electron chi connectivity index (χ3n) is 5.19. The standard InChI is InChI=1S/C21H19F2N3O2/c22-16-10-14-9-15-12-24-20(25-21(15)28-19(14)18(23)11-16)13-1-3-17(4-2-13)26-5-7-27-8-6-26/h1-4,10-11H,5-9,12H2,(H,24,25). The van der Waals surface area contributed by atoms with Crippen LogP contribution in [0.1, 0.15) is 11.1 Å². The van der Waals surface area contributed by atoms with Gasteiger partial charge in [-0.1, -0.05) is 0 Å². The van der Waals surface area contributed by atoms with Crippen LogP contribution < -0.4 is 15.0 Å². The Morgan fingerprint density at radius 2 is 1.82 bits per heavy atom. The van der Waals surface area contributed by atoms with Crippen LogP contribution in [0.3, 0.4) is 0 Å². The molecule has 3 heterocycles. The van der Waals surface area contributed by atoms with Gasteiger partial charge in [-0.2, -0.15) is 4.99 Å². The van der Waals surface area contributed by atoms with Gasteiger partial charge in [-0.05, 0) is 30.3 Å². The van der Waals surface area contributed by atoms with Crippen LogP contribution in [-0.4, -0.2) is 38.7 Å². The van der Waals surface area contributed by atoms with Crippen molar-refractivity contribution in [3.8, 4) is 5.75 Å². The number of halogens is 2. The summed E-state index contributed by atoms with van der Waals surface area (Å²) in [6.45, 7) is 3.78. The predicted octanol–water partition coefficient (Wildman–Crippen LogP) is 3.00. The van der Waals surface area contributed by atoms with Crippen molar-refractivity contribution in [3.63, 3.8) is 0 Å². The molecule has 0 aliphatic carbocycles. The Hall–Kier alpha value is -2.93. The zero-order valence-corrected chi connectivity index (χ0v) is 15.2. The minimum atomic E-state index is -0.702. The number of nitrogens with zero attached hydrogens (tertiary/aromatic N) is 2. The molecule has 3 aliphatic heterocycles. The molecular formula is C21H19F2N3O2. The molecule has 0 bridgehead atoms. The molecule has 2 aromatic carbocycles.